The Morgan fingerprint density at radius 2 is 1.02 bits per heavy atom. The molecule has 2 unspecified atom stereocenters. The molecule has 2 aliphatic heterocycles. The molecule has 0 N–H and O–H groups in total. The average molecular weight is 633 g/mol. The summed E-state index contributed by atoms with van der Waals surface area (Å²) in [4.78, 5) is 0. The number of aryl methyl sites for hydroxylation is 4. The van der Waals surface area contributed by atoms with Crippen LogP contribution in [0.4, 0.5) is 0 Å². The second-order valence-corrected chi connectivity index (χ2v) is 15.0. The second-order valence-electron chi connectivity index (χ2n) is 12.7. The van der Waals surface area contributed by atoms with Crippen molar-refractivity contribution in [2.45, 2.75) is 119 Å². The van der Waals surface area contributed by atoms with Crippen LogP contribution in [0, 0.1) is 19.3 Å². The zero-order chi connectivity index (χ0) is 31.0. The highest BCUT2D eigenvalue weighted by Gasteiger charge is 2.45. The molecule has 4 rings (SSSR count). The van der Waals surface area contributed by atoms with Gasteiger partial charge in [-0.05, 0) is 86.5 Å². The van der Waals surface area contributed by atoms with Crippen LogP contribution in [-0.4, -0.2) is 26.4 Å². The molecule has 0 saturated carbocycles. The molecule has 6 nitrogen and oxygen atoms in total. The Kier molecular flexibility index (Phi) is 13.2. The summed E-state index contributed by atoms with van der Waals surface area (Å²) in [5.74, 6) is 2.71. The van der Waals surface area contributed by atoms with Crippen LogP contribution in [-0.2, 0) is 30.9 Å². The van der Waals surface area contributed by atoms with Crippen LogP contribution in [0.3, 0.4) is 0 Å². The highest BCUT2D eigenvalue weighted by Crippen LogP contribution is 2.55. The largest absolute Gasteiger partial charge is 0.426 e. The molecule has 2 saturated heterocycles. The first kappa shape index (κ1) is 34.6. The Hall–Kier alpha value is -1.26. The van der Waals surface area contributed by atoms with Crippen LogP contribution in [0.25, 0.3) is 0 Å². The van der Waals surface area contributed by atoms with Crippen LogP contribution >= 0.6 is 17.2 Å². The predicted molar refractivity (Wildman–Crippen MR) is 178 cm³/mol. The van der Waals surface area contributed by atoms with E-state index in [1.807, 2.05) is 0 Å². The topological polar surface area (TPSA) is 55.4 Å². The van der Waals surface area contributed by atoms with Crippen molar-refractivity contribution in [2.75, 3.05) is 26.4 Å². The molecule has 1 spiro atoms. The molecule has 2 aromatic carbocycles. The van der Waals surface area contributed by atoms with Crippen molar-refractivity contribution in [3.8, 4) is 11.5 Å². The highest BCUT2D eigenvalue weighted by molar-refractivity contribution is 7.42. The molecule has 8 heteroatoms. The monoisotopic (exact) mass is 632 g/mol. The van der Waals surface area contributed by atoms with Crippen molar-refractivity contribution < 1.29 is 27.1 Å². The van der Waals surface area contributed by atoms with Gasteiger partial charge in [-0.15, -0.1) is 0 Å². The lowest BCUT2D eigenvalue weighted by Crippen LogP contribution is -2.45. The second kappa shape index (κ2) is 16.3. The third-order valence-electron chi connectivity index (χ3n) is 8.80. The van der Waals surface area contributed by atoms with E-state index < -0.39 is 17.2 Å². The maximum Gasteiger partial charge on any atom is 0.397 e. The number of hydrogen-bond acceptors (Lipinski definition) is 6. The van der Waals surface area contributed by atoms with Gasteiger partial charge in [0.25, 0.3) is 0 Å². The molecule has 43 heavy (non-hydrogen) atoms. The third-order valence-corrected chi connectivity index (χ3v) is 10.8. The molecule has 2 atom stereocenters. The maximum atomic E-state index is 6.55. The summed E-state index contributed by atoms with van der Waals surface area (Å²) in [5, 5.41) is 0. The highest BCUT2D eigenvalue weighted by atomic mass is 31.2. The van der Waals surface area contributed by atoms with E-state index in [1.165, 1.54) is 33.4 Å². The molecule has 2 aromatic rings. The number of rotatable bonds is 14. The molecule has 2 fully saturated rings. The van der Waals surface area contributed by atoms with Crippen LogP contribution < -0.4 is 9.05 Å². The van der Waals surface area contributed by atoms with Gasteiger partial charge >= 0.3 is 17.2 Å². The Bertz CT molecular complexity index is 1080. The molecule has 0 radical (unpaired) electrons. The van der Waals surface area contributed by atoms with Crippen molar-refractivity contribution in [1.82, 2.24) is 0 Å². The minimum Gasteiger partial charge on any atom is -0.426 e. The number of benzene rings is 2. The van der Waals surface area contributed by atoms with Gasteiger partial charge in [0.15, 0.2) is 0 Å². The van der Waals surface area contributed by atoms with Crippen molar-refractivity contribution >= 4 is 17.2 Å². The normalized spacial score (nSPS) is 23.7. The van der Waals surface area contributed by atoms with E-state index >= 15 is 0 Å². The molecule has 0 aliphatic carbocycles. The Morgan fingerprint density at radius 1 is 0.651 bits per heavy atom. The van der Waals surface area contributed by atoms with Crippen LogP contribution in [0.5, 0.6) is 11.5 Å². The van der Waals surface area contributed by atoms with Gasteiger partial charge in [-0.3, -0.25) is 0 Å². The van der Waals surface area contributed by atoms with Gasteiger partial charge in [-0.2, -0.15) is 0 Å². The summed E-state index contributed by atoms with van der Waals surface area (Å²) >= 11 is 0. The summed E-state index contributed by atoms with van der Waals surface area (Å²) in [6.07, 6.45) is 8.64. The SMILES string of the molecule is CCCCc1cc(C)cc(C(C)CC)c1OP1OCC2(CO1)COP(Oc1c(CCCC)cc(C)cc1C(C)CC)OC2. The summed E-state index contributed by atoms with van der Waals surface area (Å²) in [7, 11) is -3.00. The lowest BCUT2D eigenvalue weighted by atomic mass is 9.92. The van der Waals surface area contributed by atoms with Gasteiger partial charge in [0, 0.05) is 0 Å². The van der Waals surface area contributed by atoms with E-state index in [9.17, 15) is 0 Å². The van der Waals surface area contributed by atoms with Crippen molar-refractivity contribution in [3.63, 3.8) is 0 Å². The van der Waals surface area contributed by atoms with E-state index in [0.29, 0.717) is 38.3 Å². The van der Waals surface area contributed by atoms with Crippen molar-refractivity contribution in [1.29, 1.82) is 0 Å². The Morgan fingerprint density at radius 3 is 1.35 bits per heavy atom. The van der Waals surface area contributed by atoms with Gasteiger partial charge in [0.1, 0.15) is 11.5 Å². The van der Waals surface area contributed by atoms with Gasteiger partial charge in [0.05, 0.1) is 31.8 Å². The molecule has 2 heterocycles. The number of unbranched alkanes of at least 4 members (excludes halogenated alkanes) is 2. The van der Waals surface area contributed by atoms with E-state index in [2.05, 4.69) is 79.7 Å². The zero-order valence-electron chi connectivity index (χ0n) is 27.8. The summed E-state index contributed by atoms with van der Waals surface area (Å²) in [5.41, 5.74) is 7.21. The van der Waals surface area contributed by atoms with E-state index in [1.54, 1.807) is 0 Å². The molecule has 0 bridgehead atoms. The quantitative estimate of drug-likeness (QED) is 0.193. The Labute approximate surface area is 263 Å². The predicted octanol–water partition coefficient (Wildman–Crippen LogP) is 11.0. The summed E-state index contributed by atoms with van der Waals surface area (Å²) in [6.45, 7) is 19.7. The standard InChI is InChI=1S/C35H54O6P2/c1-9-13-15-29-17-25(5)19-31(27(7)11-3)33(29)40-42-36-21-35(22-37-42)23-38-43(39-24-35)41-34-30(16-14-10-2)18-26(6)20-32(34)28(8)12-4/h17-20,27-28H,9-16,21-24H2,1-8H3. The van der Waals surface area contributed by atoms with E-state index in [-0.39, 0.29) is 5.41 Å². The fraction of sp³-hybridized carbons (Fsp3) is 0.657. The first-order chi connectivity index (χ1) is 20.7. The minimum atomic E-state index is -1.50. The van der Waals surface area contributed by atoms with Crippen molar-refractivity contribution in [3.05, 3.63) is 57.6 Å². The molecular formula is C35H54O6P2. The van der Waals surface area contributed by atoms with Crippen molar-refractivity contribution in [2.24, 2.45) is 5.41 Å². The van der Waals surface area contributed by atoms with Gasteiger partial charge in [-0.1, -0.05) is 89.8 Å². The van der Waals surface area contributed by atoms with Gasteiger partial charge in [0.2, 0.25) is 0 Å². The fourth-order valence-electron chi connectivity index (χ4n) is 5.59. The lowest BCUT2D eigenvalue weighted by Gasteiger charge is -2.41. The first-order valence-electron chi connectivity index (χ1n) is 16.5. The minimum absolute atomic E-state index is 0.361. The van der Waals surface area contributed by atoms with E-state index in [4.69, 9.17) is 27.1 Å². The zero-order valence-corrected chi connectivity index (χ0v) is 29.6. The van der Waals surface area contributed by atoms with Crippen LogP contribution in [0.15, 0.2) is 24.3 Å². The summed E-state index contributed by atoms with van der Waals surface area (Å²) in [6, 6.07) is 9.05. The molecular weight excluding hydrogens is 578 g/mol. The molecule has 0 amide bonds. The lowest BCUT2D eigenvalue weighted by molar-refractivity contribution is -0.0674. The molecule has 240 valence electrons. The van der Waals surface area contributed by atoms with E-state index in [0.717, 1.165) is 62.9 Å². The smallest absolute Gasteiger partial charge is 0.397 e. The first-order valence-corrected chi connectivity index (χ1v) is 18.7. The summed E-state index contributed by atoms with van der Waals surface area (Å²) < 4.78 is 38.1. The van der Waals surface area contributed by atoms with Gasteiger partial charge < -0.3 is 27.1 Å². The van der Waals surface area contributed by atoms with Crippen LogP contribution in [0.1, 0.15) is 125 Å². The van der Waals surface area contributed by atoms with Gasteiger partial charge in [-0.25, -0.2) is 0 Å². The molecule has 2 aliphatic rings. The maximum absolute atomic E-state index is 6.55. The third kappa shape index (κ3) is 8.93. The number of hydrogen-bond donors (Lipinski definition) is 0. The van der Waals surface area contributed by atoms with Crippen LogP contribution in [0.2, 0.25) is 0 Å². The average Bonchev–Trinajstić information content (AvgIpc) is 3.02. The fourth-order valence-corrected chi connectivity index (χ4v) is 8.21. The Balaban J connectivity index is 1.40. The molecule has 0 aromatic heterocycles.